The number of likely N-dealkylation sites (N-methyl/N-ethyl adjacent to an activating group) is 1. The standard InChI is InChI=1S/C13H14ClN3O4/c1-17-5-4-10(11(17)18)16-13(21)15-9-3-2-7(14)6-8(9)12(19)20/h2-3,6,10H,4-5H2,1H3,(H,19,20)(H2,15,16,21). The van der Waals surface area contributed by atoms with Crippen LogP contribution in [0.1, 0.15) is 16.8 Å². The zero-order valence-corrected chi connectivity index (χ0v) is 12.0. The second kappa shape index (κ2) is 6.01. The van der Waals surface area contributed by atoms with Crippen LogP contribution in [-0.2, 0) is 4.79 Å². The molecule has 3 N–H and O–H groups in total. The van der Waals surface area contributed by atoms with Crippen LogP contribution in [0.15, 0.2) is 18.2 Å². The Morgan fingerprint density at radius 2 is 2.14 bits per heavy atom. The van der Waals surface area contributed by atoms with Gasteiger partial charge in [-0.3, -0.25) is 4.79 Å². The van der Waals surface area contributed by atoms with Crippen LogP contribution >= 0.6 is 11.6 Å². The third-order valence-corrected chi connectivity index (χ3v) is 3.43. The van der Waals surface area contributed by atoms with Crippen molar-refractivity contribution >= 4 is 35.2 Å². The number of nitrogens with one attached hydrogen (secondary N) is 2. The van der Waals surface area contributed by atoms with Gasteiger partial charge in [0.2, 0.25) is 5.91 Å². The second-order valence-electron chi connectivity index (χ2n) is 4.69. The van der Waals surface area contributed by atoms with Gasteiger partial charge in [0.1, 0.15) is 6.04 Å². The predicted octanol–water partition coefficient (Wildman–Crippen LogP) is 1.39. The van der Waals surface area contributed by atoms with Gasteiger partial charge in [-0.2, -0.15) is 0 Å². The van der Waals surface area contributed by atoms with Crippen molar-refractivity contribution in [1.29, 1.82) is 0 Å². The number of halogens is 1. The molecule has 0 aliphatic carbocycles. The minimum atomic E-state index is -1.20. The highest BCUT2D eigenvalue weighted by atomic mass is 35.5. The highest BCUT2D eigenvalue weighted by Crippen LogP contribution is 2.21. The number of hydrogen-bond acceptors (Lipinski definition) is 3. The van der Waals surface area contributed by atoms with E-state index in [2.05, 4.69) is 10.6 Å². The van der Waals surface area contributed by atoms with E-state index < -0.39 is 18.0 Å². The number of urea groups is 1. The number of benzene rings is 1. The molecule has 8 heteroatoms. The Bertz CT molecular complexity index is 605. The maximum atomic E-state index is 11.9. The summed E-state index contributed by atoms with van der Waals surface area (Å²) < 4.78 is 0. The van der Waals surface area contributed by atoms with Gasteiger partial charge in [-0.15, -0.1) is 0 Å². The maximum absolute atomic E-state index is 11.9. The van der Waals surface area contributed by atoms with Crippen LogP contribution in [0.4, 0.5) is 10.5 Å². The molecule has 0 aromatic heterocycles. The van der Waals surface area contributed by atoms with Crippen LogP contribution in [0.2, 0.25) is 5.02 Å². The summed E-state index contributed by atoms with van der Waals surface area (Å²) in [6.45, 7) is 0.575. The van der Waals surface area contributed by atoms with E-state index in [0.717, 1.165) is 0 Å². The molecule has 3 amide bonds. The molecule has 1 aromatic carbocycles. The summed E-state index contributed by atoms with van der Waals surface area (Å²) in [7, 11) is 1.66. The van der Waals surface area contributed by atoms with Crippen molar-refractivity contribution in [2.75, 3.05) is 18.9 Å². The number of carbonyl (C=O) groups is 3. The van der Waals surface area contributed by atoms with Crippen molar-refractivity contribution in [3.8, 4) is 0 Å². The molecule has 1 aliphatic heterocycles. The van der Waals surface area contributed by atoms with E-state index in [1.165, 1.54) is 23.1 Å². The molecule has 1 fully saturated rings. The number of likely N-dealkylation sites (tertiary alicyclic amines) is 1. The molecule has 0 saturated carbocycles. The van der Waals surface area contributed by atoms with Crippen LogP contribution < -0.4 is 10.6 Å². The molecule has 0 bridgehead atoms. The largest absolute Gasteiger partial charge is 0.478 e. The van der Waals surface area contributed by atoms with Crippen molar-refractivity contribution in [2.45, 2.75) is 12.5 Å². The third kappa shape index (κ3) is 3.43. The summed E-state index contributed by atoms with van der Waals surface area (Å²) in [5, 5.41) is 14.3. The topological polar surface area (TPSA) is 98.7 Å². The fourth-order valence-corrected chi connectivity index (χ4v) is 2.25. The Kier molecular flexibility index (Phi) is 4.32. The molecule has 21 heavy (non-hydrogen) atoms. The SMILES string of the molecule is CN1CCC(NC(=O)Nc2ccc(Cl)cc2C(=O)O)C1=O. The van der Waals surface area contributed by atoms with Gasteiger partial charge in [-0.25, -0.2) is 9.59 Å². The monoisotopic (exact) mass is 311 g/mol. The number of rotatable bonds is 3. The lowest BCUT2D eigenvalue weighted by Crippen LogP contribution is -2.42. The van der Waals surface area contributed by atoms with Gasteiger partial charge in [0, 0.05) is 18.6 Å². The van der Waals surface area contributed by atoms with Crippen LogP contribution in [-0.4, -0.2) is 47.5 Å². The Morgan fingerprint density at radius 1 is 1.43 bits per heavy atom. The molecule has 1 aliphatic rings. The lowest BCUT2D eigenvalue weighted by Gasteiger charge is -2.14. The quantitative estimate of drug-likeness (QED) is 0.785. The summed E-state index contributed by atoms with van der Waals surface area (Å²) in [5.74, 6) is -1.37. The first-order valence-electron chi connectivity index (χ1n) is 6.24. The Labute approximate surface area is 125 Å². The third-order valence-electron chi connectivity index (χ3n) is 3.19. The van der Waals surface area contributed by atoms with Gasteiger partial charge in [-0.05, 0) is 24.6 Å². The lowest BCUT2D eigenvalue weighted by atomic mass is 10.2. The minimum absolute atomic E-state index is 0.114. The van der Waals surface area contributed by atoms with E-state index in [4.69, 9.17) is 16.7 Å². The number of hydrogen-bond donors (Lipinski definition) is 3. The molecular weight excluding hydrogens is 298 g/mol. The summed E-state index contributed by atoms with van der Waals surface area (Å²) >= 11 is 5.73. The van der Waals surface area contributed by atoms with Crippen LogP contribution in [0.5, 0.6) is 0 Å². The van der Waals surface area contributed by atoms with Crippen molar-refractivity contribution in [3.63, 3.8) is 0 Å². The zero-order chi connectivity index (χ0) is 15.6. The molecule has 1 unspecified atom stereocenters. The van der Waals surface area contributed by atoms with Crippen molar-refractivity contribution in [3.05, 3.63) is 28.8 Å². The van der Waals surface area contributed by atoms with Crippen LogP contribution in [0, 0.1) is 0 Å². The molecule has 7 nitrogen and oxygen atoms in total. The van der Waals surface area contributed by atoms with E-state index in [-0.39, 0.29) is 22.2 Å². The Balaban J connectivity index is 2.06. The first kappa shape index (κ1) is 15.1. The van der Waals surface area contributed by atoms with E-state index in [1.807, 2.05) is 0 Å². The van der Waals surface area contributed by atoms with Gasteiger partial charge in [0.15, 0.2) is 0 Å². The van der Waals surface area contributed by atoms with Crippen LogP contribution in [0.25, 0.3) is 0 Å². The second-order valence-corrected chi connectivity index (χ2v) is 5.13. The lowest BCUT2D eigenvalue weighted by molar-refractivity contribution is -0.128. The number of carbonyl (C=O) groups excluding carboxylic acids is 2. The molecule has 2 rings (SSSR count). The summed E-state index contributed by atoms with van der Waals surface area (Å²) in [5.41, 5.74) is -0.00397. The molecular formula is C13H14ClN3O4. The number of nitrogens with zero attached hydrogens (tertiary/aromatic N) is 1. The summed E-state index contributed by atoms with van der Waals surface area (Å²) in [6.07, 6.45) is 0.523. The van der Waals surface area contributed by atoms with Gasteiger partial charge >= 0.3 is 12.0 Å². The fourth-order valence-electron chi connectivity index (χ4n) is 2.08. The van der Waals surface area contributed by atoms with Crippen molar-refractivity contribution < 1.29 is 19.5 Å². The van der Waals surface area contributed by atoms with Gasteiger partial charge in [0.25, 0.3) is 0 Å². The normalized spacial score (nSPS) is 17.7. The summed E-state index contributed by atoms with van der Waals surface area (Å²) in [4.78, 5) is 36.2. The first-order valence-corrected chi connectivity index (χ1v) is 6.61. The molecule has 112 valence electrons. The minimum Gasteiger partial charge on any atom is -0.478 e. The molecule has 1 aromatic rings. The number of amides is 3. The highest BCUT2D eigenvalue weighted by Gasteiger charge is 2.30. The Morgan fingerprint density at radius 3 is 2.71 bits per heavy atom. The van der Waals surface area contributed by atoms with Gasteiger partial charge in [-0.1, -0.05) is 11.6 Å². The highest BCUT2D eigenvalue weighted by molar-refractivity contribution is 6.31. The molecule has 0 spiro atoms. The van der Waals surface area contributed by atoms with Gasteiger partial charge < -0.3 is 20.6 Å². The average Bonchev–Trinajstić information content (AvgIpc) is 2.72. The van der Waals surface area contributed by atoms with E-state index in [9.17, 15) is 14.4 Å². The number of aromatic carboxylic acids is 1. The Hall–Kier alpha value is -2.28. The zero-order valence-electron chi connectivity index (χ0n) is 11.2. The molecule has 0 radical (unpaired) electrons. The van der Waals surface area contributed by atoms with E-state index in [0.29, 0.717) is 13.0 Å². The van der Waals surface area contributed by atoms with E-state index >= 15 is 0 Å². The van der Waals surface area contributed by atoms with E-state index in [1.54, 1.807) is 7.05 Å². The molecule has 1 atom stereocenters. The number of anilines is 1. The molecule has 1 saturated heterocycles. The van der Waals surface area contributed by atoms with Crippen molar-refractivity contribution in [1.82, 2.24) is 10.2 Å². The predicted molar refractivity (Wildman–Crippen MR) is 76.6 cm³/mol. The summed E-state index contributed by atoms with van der Waals surface area (Å²) in [6, 6.07) is 2.89. The fraction of sp³-hybridized carbons (Fsp3) is 0.308. The molecule has 1 heterocycles. The van der Waals surface area contributed by atoms with Gasteiger partial charge in [0.05, 0.1) is 11.3 Å². The smallest absolute Gasteiger partial charge is 0.337 e. The number of carboxylic acids is 1. The van der Waals surface area contributed by atoms with Crippen LogP contribution in [0.3, 0.4) is 0 Å². The number of carboxylic acid groups (broad SMARTS) is 1. The average molecular weight is 312 g/mol. The van der Waals surface area contributed by atoms with Crippen molar-refractivity contribution in [2.24, 2.45) is 0 Å². The first-order chi connectivity index (χ1) is 9.88. The maximum Gasteiger partial charge on any atom is 0.337 e.